The third-order valence-corrected chi connectivity index (χ3v) is 4.91. The topological polar surface area (TPSA) is 64.0 Å². The minimum absolute atomic E-state index is 0.128. The van der Waals surface area contributed by atoms with Gasteiger partial charge in [-0.2, -0.15) is 0 Å². The van der Waals surface area contributed by atoms with Gasteiger partial charge in [0.05, 0.1) is 6.54 Å². The van der Waals surface area contributed by atoms with Crippen LogP contribution in [0, 0.1) is 11.3 Å². The highest BCUT2D eigenvalue weighted by atomic mass is 16.2. The number of carbonyl (C=O) groups excluding carboxylic acids is 1. The van der Waals surface area contributed by atoms with Crippen molar-refractivity contribution in [3.8, 4) is 0 Å². The molecule has 5 nitrogen and oxygen atoms in total. The van der Waals surface area contributed by atoms with Gasteiger partial charge in [-0.15, -0.1) is 0 Å². The number of carbonyl (C=O) groups is 1. The van der Waals surface area contributed by atoms with Gasteiger partial charge in [-0.25, -0.2) is 9.78 Å². The largest absolute Gasteiger partial charge is 0.347 e. The van der Waals surface area contributed by atoms with Crippen molar-refractivity contribution in [2.24, 2.45) is 11.3 Å². The van der Waals surface area contributed by atoms with Gasteiger partial charge in [-0.05, 0) is 48.9 Å². The van der Waals surface area contributed by atoms with Crippen molar-refractivity contribution in [3.63, 3.8) is 0 Å². The summed E-state index contributed by atoms with van der Waals surface area (Å²) in [5, 5.41) is 3.09. The summed E-state index contributed by atoms with van der Waals surface area (Å²) in [6.45, 7) is 4.77. The van der Waals surface area contributed by atoms with Crippen LogP contribution in [0.15, 0.2) is 47.5 Å². The van der Waals surface area contributed by atoms with Gasteiger partial charge >= 0.3 is 5.69 Å². The van der Waals surface area contributed by atoms with Gasteiger partial charge in [0, 0.05) is 23.5 Å². The van der Waals surface area contributed by atoms with Crippen LogP contribution in [0.5, 0.6) is 0 Å². The lowest BCUT2D eigenvalue weighted by molar-refractivity contribution is -0.131. The van der Waals surface area contributed by atoms with E-state index in [1.807, 2.05) is 24.3 Å². The van der Waals surface area contributed by atoms with Crippen LogP contribution in [-0.4, -0.2) is 15.5 Å². The van der Waals surface area contributed by atoms with Crippen molar-refractivity contribution in [1.82, 2.24) is 9.55 Å². The lowest BCUT2D eigenvalue weighted by atomic mass is 9.64. The third kappa shape index (κ3) is 3.98. The number of aromatic nitrogens is 2. The van der Waals surface area contributed by atoms with Crippen molar-refractivity contribution in [3.05, 3.63) is 58.8 Å². The van der Waals surface area contributed by atoms with Gasteiger partial charge in [0.15, 0.2) is 0 Å². The van der Waals surface area contributed by atoms with E-state index in [2.05, 4.69) is 24.1 Å². The van der Waals surface area contributed by atoms with Gasteiger partial charge < -0.3 is 5.32 Å². The minimum Gasteiger partial charge on any atom is -0.326 e. The number of nitrogens with one attached hydrogen (secondary N) is 1. The molecular formula is C20H25N3O2. The Balaban J connectivity index is 1.72. The molecule has 5 heteroatoms. The molecule has 0 atom stereocenters. The Kier molecular flexibility index (Phi) is 5.02. The van der Waals surface area contributed by atoms with Gasteiger partial charge in [-0.3, -0.25) is 9.36 Å². The second-order valence-corrected chi connectivity index (χ2v) is 7.42. The predicted molar refractivity (Wildman–Crippen MR) is 98.4 cm³/mol. The first-order chi connectivity index (χ1) is 12.0. The molecule has 1 aliphatic carbocycles. The lowest BCUT2D eigenvalue weighted by Crippen LogP contribution is -2.43. The molecule has 1 fully saturated rings. The molecule has 25 heavy (non-hydrogen) atoms. The summed E-state index contributed by atoms with van der Waals surface area (Å²) in [5.74, 6) is 0.637. The fourth-order valence-corrected chi connectivity index (χ4v) is 3.62. The van der Waals surface area contributed by atoms with Crippen molar-refractivity contribution >= 4 is 11.6 Å². The van der Waals surface area contributed by atoms with E-state index >= 15 is 0 Å². The molecule has 3 rings (SSSR count). The monoisotopic (exact) mass is 339 g/mol. The predicted octanol–water partition coefficient (Wildman–Crippen LogP) is 3.45. The smallest absolute Gasteiger partial charge is 0.326 e. The molecule has 2 aromatic rings. The molecule has 0 radical (unpaired) electrons. The maximum absolute atomic E-state index is 12.8. The van der Waals surface area contributed by atoms with E-state index in [1.54, 1.807) is 16.8 Å². The van der Waals surface area contributed by atoms with E-state index in [4.69, 9.17) is 0 Å². The van der Waals surface area contributed by atoms with Gasteiger partial charge in [0.2, 0.25) is 5.91 Å². The molecule has 132 valence electrons. The van der Waals surface area contributed by atoms with Gasteiger partial charge in [-0.1, -0.05) is 32.4 Å². The zero-order valence-corrected chi connectivity index (χ0v) is 14.9. The quantitative estimate of drug-likeness (QED) is 0.877. The zero-order valence-electron chi connectivity index (χ0n) is 14.9. The Hall–Kier alpha value is -2.43. The van der Waals surface area contributed by atoms with Crippen molar-refractivity contribution in [2.45, 2.75) is 46.1 Å². The summed E-state index contributed by atoms with van der Waals surface area (Å²) in [6.07, 6.45) is 7.21. The van der Waals surface area contributed by atoms with Crippen LogP contribution in [0.2, 0.25) is 0 Å². The van der Waals surface area contributed by atoms with E-state index in [-0.39, 0.29) is 17.0 Å². The van der Waals surface area contributed by atoms with Crippen molar-refractivity contribution < 1.29 is 4.79 Å². The summed E-state index contributed by atoms with van der Waals surface area (Å²) in [4.78, 5) is 28.3. The number of nitrogens with zero attached hydrogens (tertiary/aromatic N) is 2. The molecule has 1 amide bonds. The van der Waals surface area contributed by atoms with Gasteiger partial charge in [0.1, 0.15) is 0 Å². The molecule has 1 saturated carbocycles. The van der Waals surface area contributed by atoms with E-state index in [1.165, 1.54) is 6.20 Å². The zero-order chi connectivity index (χ0) is 17.9. The lowest BCUT2D eigenvalue weighted by Gasteiger charge is -2.41. The highest BCUT2D eigenvalue weighted by Crippen LogP contribution is 2.46. The molecule has 1 aromatic heterocycles. The Morgan fingerprint density at radius 1 is 1.32 bits per heavy atom. The highest BCUT2D eigenvalue weighted by molar-refractivity contribution is 5.96. The summed E-state index contributed by atoms with van der Waals surface area (Å²) in [7, 11) is 0. The van der Waals surface area contributed by atoms with Crippen LogP contribution >= 0.6 is 0 Å². The fraction of sp³-hybridized carbons (Fsp3) is 0.450. The second-order valence-electron chi connectivity index (χ2n) is 7.42. The van der Waals surface area contributed by atoms with Crippen LogP contribution in [-0.2, 0) is 11.3 Å². The number of amides is 1. The first-order valence-corrected chi connectivity index (χ1v) is 8.90. The number of anilines is 1. The van der Waals surface area contributed by atoms with E-state index < -0.39 is 0 Å². The van der Waals surface area contributed by atoms with Crippen LogP contribution in [0.1, 0.15) is 45.1 Å². The highest BCUT2D eigenvalue weighted by Gasteiger charge is 2.44. The van der Waals surface area contributed by atoms with Crippen LogP contribution in [0.4, 0.5) is 5.69 Å². The molecule has 0 saturated heterocycles. The molecule has 0 unspecified atom stereocenters. The molecule has 1 N–H and O–H groups in total. The maximum Gasteiger partial charge on any atom is 0.347 e. The average Bonchev–Trinajstić information content (AvgIpc) is 2.53. The standard InChI is InChI=1S/C20H25N3O2/c1-15(2)13-20(8-4-9-20)18(24)22-17-7-3-6-16(12-17)14-23-11-5-10-21-19(23)25/h3,5-7,10-12,15H,4,8-9,13-14H2,1-2H3,(H,22,24). The van der Waals surface area contributed by atoms with Crippen LogP contribution in [0.25, 0.3) is 0 Å². The second kappa shape index (κ2) is 7.21. The molecule has 1 heterocycles. The Morgan fingerprint density at radius 3 is 2.76 bits per heavy atom. The Bertz CT molecular complexity index is 806. The summed E-state index contributed by atoms with van der Waals surface area (Å²) in [6, 6.07) is 9.41. The number of benzene rings is 1. The summed E-state index contributed by atoms with van der Waals surface area (Å²) in [5.41, 5.74) is 1.26. The molecule has 1 aliphatic rings. The number of hydrogen-bond acceptors (Lipinski definition) is 3. The van der Waals surface area contributed by atoms with E-state index in [9.17, 15) is 9.59 Å². The fourth-order valence-electron chi connectivity index (χ4n) is 3.62. The molecular weight excluding hydrogens is 314 g/mol. The molecule has 0 aliphatic heterocycles. The molecule has 1 aromatic carbocycles. The van der Waals surface area contributed by atoms with Crippen molar-refractivity contribution in [1.29, 1.82) is 0 Å². The third-order valence-electron chi connectivity index (χ3n) is 4.91. The molecule has 0 bridgehead atoms. The minimum atomic E-state index is -0.276. The number of hydrogen-bond donors (Lipinski definition) is 1. The molecule has 0 spiro atoms. The first kappa shape index (κ1) is 17.4. The number of rotatable bonds is 6. The first-order valence-electron chi connectivity index (χ1n) is 8.90. The van der Waals surface area contributed by atoms with Gasteiger partial charge in [0.25, 0.3) is 0 Å². The van der Waals surface area contributed by atoms with E-state index in [0.29, 0.717) is 12.5 Å². The normalized spacial score (nSPS) is 15.6. The average molecular weight is 339 g/mol. The Morgan fingerprint density at radius 2 is 2.12 bits per heavy atom. The van der Waals surface area contributed by atoms with E-state index in [0.717, 1.165) is 36.9 Å². The SMILES string of the molecule is CC(C)CC1(C(=O)Nc2cccc(Cn3cccnc3=O)c2)CCC1. The summed E-state index contributed by atoms with van der Waals surface area (Å²) < 4.78 is 1.55. The maximum atomic E-state index is 12.8. The van der Waals surface area contributed by atoms with Crippen molar-refractivity contribution in [2.75, 3.05) is 5.32 Å². The van der Waals surface area contributed by atoms with Crippen LogP contribution in [0.3, 0.4) is 0 Å². The summed E-state index contributed by atoms with van der Waals surface area (Å²) >= 11 is 0. The Labute approximate surface area is 148 Å². The van der Waals surface area contributed by atoms with Crippen LogP contribution < -0.4 is 11.0 Å².